The van der Waals surface area contributed by atoms with Crippen LogP contribution in [0.15, 0.2) is 91.0 Å². The van der Waals surface area contributed by atoms with Gasteiger partial charge in [0.15, 0.2) is 0 Å². The monoisotopic (exact) mass is 564 g/mol. The van der Waals surface area contributed by atoms with Crippen molar-refractivity contribution in [1.29, 1.82) is 0 Å². The van der Waals surface area contributed by atoms with Gasteiger partial charge in [0.05, 0.1) is 11.1 Å². The molecule has 1 unspecified atom stereocenters. The van der Waals surface area contributed by atoms with Crippen LogP contribution in [-0.2, 0) is 23.9 Å². The van der Waals surface area contributed by atoms with Crippen molar-refractivity contribution in [2.24, 2.45) is 5.73 Å². The van der Waals surface area contributed by atoms with Crippen molar-refractivity contribution in [2.45, 2.75) is 25.2 Å². The smallest absolute Gasteiger partial charge is 0.416 e. The van der Waals surface area contributed by atoms with E-state index in [9.17, 15) is 22.8 Å². The van der Waals surface area contributed by atoms with Crippen molar-refractivity contribution in [3.63, 3.8) is 0 Å². The molecular formula is C31H24ClF3N2O3. The molecule has 40 heavy (non-hydrogen) atoms. The Bertz CT molecular complexity index is 1570. The average Bonchev–Trinajstić information content (AvgIpc) is 2.93. The molecule has 9 heteroatoms. The van der Waals surface area contributed by atoms with Gasteiger partial charge in [-0.2, -0.15) is 13.2 Å². The Morgan fingerprint density at radius 2 is 1.65 bits per heavy atom. The van der Waals surface area contributed by atoms with E-state index in [4.69, 9.17) is 22.1 Å². The molecular weight excluding hydrogens is 541 g/mol. The van der Waals surface area contributed by atoms with Crippen LogP contribution >= 0.6 is 11.6 Å². The topological polar surface area (TPSA) is 72.6 Å². The van der Waals surface area contributed by atoms with Gasteiger partial charge < -0.3 is 10.5 Å². The summed E-state index contributed by atoms with van der Waals surface area (Å²) in [7, 11) is 0. The molecule has 1 atom stereocenters. The van der Waals surface area contributed by atoms with Gasteiger partial charge in [-0.3, -0.25) is 9.69 Å². The molecule has 2 N–H and O–H groups in total. The molecule has 0 bridgehead atoms. The molecule has 0 aliphatic carbocycles. The van der Waals surface area contributed by atoms with Gasteiger partial charge in [0.2, 0.25) is 5.91 Å². The number of rotatable bonds is 6. The molecule has 1 amide bonds. The average molecular weight is 565 g/mol. The van der Waals surface area contributed by atoms with Gasteiger partial charge in [-0.05, 0) is 70.6 Å². The van der Waals surface area contributed by atoms with E-state index < -0.39 is 29.7 Å². The van der Waals surface area contributed by atoms with Crippen LogP contribution < -0.4 is 10.5 Å². The van der Waals surface area contributed by atoms with Crippen molar-refractivity contribution < 1.29 is 27.5 Å². The van der Waals surface area contributed by atoms with E-state index in [1.165, 1.54) is 12.1 Å². The summed E-state index contributed by atoms with van der Waals surface area (Å²) in [5, 5.41) is 0.607. The van der Waals surface area contributed by atoms with Gasteiger partial charge in [0.25, 0.3) is 0 Å². The number of amides is 1. The molecule has 1 aliphatic rings. The molecule has 0 spiro atoms. The maximum absolute atomic E-state index is 13.2. The summed E-state index contributed by atoms with van der Waals surface area (Å²) in [6.45, 7) is 0.990. The Kier molecular flexibility index (Phi) is 7.65. The molecule has 5 nitrogen and oxygen atoms in total. The zero-order valence-electron chi connectivity index (χ0n) is 21.1. The maximum Gasteiger partial charge on any atom is 0.416 e. The number of halogens is 4. The minimum absolute atomic E-state index is 0.209. The largest absolute Gasteiger partial charge is 0.423 e. The molecule has 4 aromatic carbocycles. The SMILES string of the molecule is NC(=O)C1c2ccc(OC(=O)c3ccccc3-c3ccc(C(F)(F)F)cc3)cc2CCN1Cc1ccccc1Cl. The third kappa shape index (κ3) is 5.73. The van der Waals surface area contributed by atoms with Gasteiger partial charge in [-0.25, -0.2) is 4.79 Å². The summed E-state index contributed by atoms with van der Waals surface area (Å²) in [5.41, 5.74) is 8.59. The first kappa shape index (κ1) is 27.4. The van der Waals surface area contributed by atoms with Crippen molar-refractivity contribution >= 4 is 23.5 Å². The molecule has 0 radical (unpaired) electrons. The normalized spacial score (nSPS) is 15.3. The highest BCUT2D eigenvalue weighted by molar-refractivity contribution is 6.31. The standard InChI is InChI=1S/C31H24ClF3N2O3/c32-27-8-4-1-5-21(27)18-37-16-15-20-17-23(13-14-25(20)28(37)29(36)38)40-30(39)26-7-3-2-6-24(26)19-9-11-22(12-10-19)31(33,34)35/h1-14,17,28H,15-16,18H2,(H2,36,38). The number of hydrogen-bond donors (Lipinski definition) is 1. The zero-order valence-corrected chi connectivity index (χ0v) is 21.9. The van der Waals surface area contributed by atoms with Gasteiger partial charge in [0.1, 0.15) is 11.8 Å². The van der Waals surface area contributed by atoms with Gasteiger partial charge >= 0.3 is 12.1 Å². The quantitative estimate of drug-likeness (QED) is 0.206. The number of esters is 1. The van der Waals surface area contributed by atoms with Crippen LogP contribution in [0.1, 0.15) is 38.7 Å². The number of nitrogens with two attached hydrogens (primary N) is 1. The molecule has 0 saturated heterocycles. The predicted molar refractivity (Wildman–Crippen MR) is 146 cm³/mol. The van der Waals surface area contributed by atoms with Crippen LogP contribution in [0.2, 0.25) is 5.02 Å². The first-order valence-corrected chi connectivity index (χ1v) is 12.9. The van der Waals surface area contributed by atoms with Gasteiger partial charge in [-0.1, -0.05) is 66.2 Å². The minimum Gasteiger partial charge on any atom is -0.423 e. The van der Waals surface area contributed by atoms with E-state index in [0.29, 0.717) is 35.7 Å². The second-order valence-corrected chi connectivity index (χ2v) is 9.89. The Morgan fingerprint density at radius 1 is 0.950 bits per heavy atom. The highest BCUT2D eigenvalue weighted by atomic mass is 35.5. The van der Waals surface area contributed by atoms with Crippen molar-refractivity contribution in [3.8, 4) is 16.9 Å². The van der Waals surface area contributed by atoms with Crippen LogP contribution in [0, 0.1) is 0 Å². The number of alkyl halides is 3. The number of ether oxygens (including phenoxy) is 1. The van der Waals surface area contributed by atoms with Crippen LogP contribution in [0.4, 0.5) is 13.2 Å². The molecule has 204 valence electrons. The molecule has 1 aliphatic heterocycles. The third-order valence-corrected chi connectivity index (χ3v) is 7.29. The van der Waals surface area contributed by atoms with E-state index in [1.807, 2.05) is 23.1 Å². The lowest BCUT2D eigenvalue weighted by Gasteiger charge is -2.35. The summed E-state index contributed by atoms with van der Waals surface area (Å²) in [6.07, 6.45) is -3.86. The third-order valence-electron chi connectivity index (χ3n) is 6.92. The van der Waals surface area contributed by atoms with Crippen LogP contribution in [0.3, 0.4) is 0 Å². The van der Waals surface area contributed by atoms with E-state index >= 15 is 0 Å². The summed E-state index contributed by atoms with van der Waals surface area (Å²) in [5.74, 6) is -0.866. The molecule has 0 aromatic heterocycles. The Hall–Kier alpha value is -4.14. The predicted octanol–water partition coefficient (Wildman–Crippen LogP) is 6.83. The number of carbonyl (C=O) groups excluding carboxylic acids is 2. The Morgan fingerprint density at radius 3 is 2.35 bits per heavy atom. The van der Waals surface area contributed by atoms with Crippen molar-refractivity contribution in [3.05, 3.63) is 124 Å². The van der Waals surface area contributed by atoms with Gasteiger partial charge in [0, 0.05) is 18.1 Å². The molecule has 1 heterocycles. The minimum atomic E-state index is -4.46. The number of primary amides is 1. The first-order chi connectivity index (χ1) is 19.1. The molecule has 0 saturated carbocycles. The second-order valence-electron chi connectivity index (χ2n) is 9.49. The Balaban J connectivity index is 1.37. The fraction of sp³-hybridized carbons (Fsp3) is 0.161. The highest BCUT2D eigenvalue weighted by Gasteiger charge is 2.33. The molecule has 0 fully saturated rings. The fourth-order valence-electron chi connectivity index (χ4n) is 4.98. The van der Waals surface area contributed by atoms with E-state index in [1.54, 1.807) is 48.5 Å². The number of benzene rings is 4. The fourth-order valence-corrected chi connectivity index (χ4v) is 5.18. The van der Waals surface area contributed by atoms with E-state index in [2.05, 4.69) is 0 Å². The van der Waals surface area contributed by atoms with Crippen molar-refractivity contribution in [1.82, 2.24) is 4.90 Å². The number of hydrogen-bond acceptors (Lipinski definition) is 4. The molecule has 4 aromatic rings. The van der Waals surface area contributed by atoms with E-state index in [-0.39, 0.29) is 11.3 Å². The van der Waals surface area contributed by atoms with Crippen LogP contribution in [0.25, 0.3) is 11.1 Å². The Labute approximate surface area is 233 Å². The van der Waals surface area contributed by atoms with Gasteiger partial charge in [-0.15, -0.1) is 0 Å². The number of fused-ring (bicyclic) bond motifs is 1. The van der Waals surface area contributed by atoms with Crippen LogP contribution in [-0.4, -0.2) is 23.3 Å². The van der Waals surface area contributed by atoms with Crippen molar-refractivity contribution in [2.75, 3.05) is 6.54 Å². The lowest BCUT2D eigenvalue weighted by Crippen LogP contribution is -2.42. The first-order valence-electron chi connectivity index (χ1n) is 12.5. The lowest BCUT2D eigenvalue weighted by molar-refractivity contribution is -0.137. The molecule has 5 rings (SSSR count). The zero-order chi connectivity index (χ0) is 28.4. The summed E-state index contributed by atoms with van der Waals surface area (Å²) < 4.78 is 44.6. The summed E-state index contributed by atoms with van der Waals surface area (Å²) in [6, 6.07) is 23.0. The van der Waals surface area contributed by atoms with Crippen LogP contribution in [0.5, 0.6) is 5.75 Å². The van der Waals surface area contributed by atoms with E-state index in [0.717, 1.165) is 28.8 Å². The lowest BCUT2D eigenvalue weighted by atomic mass is 9.91. The maximum atomic E-state index is 13.2. The second kappa shape index (κ2) is 11.2. The number of carbonyl (C=O) groups is 2. The summed E-state index contributed by atoms with van der Waals surface area (Å²) >= 11 is 6.33. The highest BCUT2D eigenvalue weighted by Crippen LogP contribution is 2.35. The number of nitrogens with zero attached hydrogens (tertiary/aromatic N) is 1. The summed E-state index contributed by atoms with van der Waals surface area (Å²) in [4.78, 5) is 27.6.